The summed E-state index contributed by atoms with van der Waals surface area (Å²) in [7, 11) is -0.456. The van der Waals surface area contributed by atoms with Gasteiger partial charge in [0.05, 0.1) is 39.0 Å². The van der Waals surface area contributed by atoms with Crippen LogP contribution in [0.4, 0.5) is 0 Å². The molecule has 3 aliphatic rings. The highest BCUT2D eigenvalue weighted by atomic mass is 28.4. The first-order chi connectivity index (χ1) is 19.2. The highest BCUT2D eigenvalue weighted by Gasteiger charge is 2.70. The molecule has 6 atom stereocenters. The van der Waals surface area contributed by atoms with Gasteiger partial charge < -0.3 is 23.4 Å². The third-order valence-corrected chi connectivity index (χ3v) is 14.0. The van der Waals surface area contributed by atoms with Crippen molar-refractivity contribution >= 4 is 14.3 Å². The third-order valence-electron chi connectivity index (χ3n) is 9.53. The summed E-state index contributed by atoms with van der Waals surface area (Å²) in [5.41, 5.74) is 1.40. The molecule has 7 heteroatoms. The summed E-state index contributed by atoms with van der Waals surface area (Å²) < 4.78 is 31.2. The van der Waals surface area contributed by atoms with Gasteiger partial charge in [-0.3, -0.25) is 4.79 Å². The van der Waals surface area contributed by atoms with Crippen molar-refractivity contribution in [2.45, 2.75) is 83.1 Å². The Labute approximate surface area is 247 Å². The molecule has 1 saturated heterocycles. The maximum atomic E-state index is 13.5. The van der Waals surface area contributed by atoms with E-state index in [0.717, 1.165) is 22.5 Å². The van der Waals surface area contributed by atoms with Crippen LogP contribution in [0, 0.1) is 17.8 Å². The molecule has 1 aromatic rings. The number of benzene rings is 1. The van der Waals surface area contributed by atoms with E-state index in [0.29, 0.717) is 26.2 Å². The predicted molar refractivity (Wildman–Crippen MR) is 165 cm³/mol. The van der Waals surface area contributed by atoms with E-state index < -0.39 is 25.4 Å². The average Bonchev–Trinajstić information content (AvgIpc) is 3.13. The van der Waals surface area contributed by atoms with Crippen molar-refractivity contribution in [3.05, 3.63) is 78.4 Å². The largest absolute Gasteiger partial charge is 0.497 e. The molecule has 2 fully saturated rings. The second-order valence-corrected chi connectivity index (χ2v) is 18.2. The molecule has 6 nitrogen and oxygen atoms in total. The van der Waals surface area contributed by atoms with Gasteiger partial charge in [0, 0.05) is 18.3 Å². The van der Waals surface area contributed by atoms with Crippen molar-refractivity contribution in [2.75, 3.05) is 20.3 Å². The number of hydrogen-bond donors (Lipinski definition) is 0. The lowest BCUT2D eigenvalue weighted by Crippen LogP contribution is -2.61. The third kappa shape index (κ3) is 5.92. The average molecular weight is 581 g/mol. The second kappa shape index (κ2) is 11.7. The summed E-state index contributed by atoms with van der Waals surface area (Å²) in [6.07, 6.45) is 8.32. The fourth-order valence-electron chi connectivity index (χ4n) is 6.57. The first-order valence-electron chi connectivity index (χ1n) is 14.6. The van der Waals surface area contributed by atoms with Crippen LogP contribution in [0.15, 0.2) is 72.9 Å². The molecule has 0 unspecified atom stereocenters. The normalized spacial score (nSPS) is 31.4. The molecule has 0 N–H and O–H groups in total. The zero-order valence-electron chi connectivity index (χ0n) is 26.1. The van der Waals surface area contributed by atoms with Crippen LogP contribution in [0.5, 0.6) is 5.75 Å². The molecule has 0 spiro atoms. The van der Waals surface area contributed by atoms with Gasteiger partial charge in [-0.2, -0.15) is 0 Å². The topological polar surface area (TPSA) is 63.2 Å². The molecule has 0 amide bonds. The Hall–Kier alpha value is -2.45. The molecule has 0 radical (unpaired) electrons. The summed E-state index contributed by atoms with van der Waals surface area (Å²) in [6, 6.07) is 7.86. The summed E-state index contributed by atoms with van der Waals surface area (Å²) in [6.45, 7) is 24.8. The molecule has 41 heavy (non-hydrogen) atoms. The minimum atomic E-state index is -2.11. The van der Waals surface area contributed by atoms with Gasteiger partial charge in [0.2, 0.25) is 0 Å². The van der Waals surface area contributed by atoms with E-state index in [9.17, 15) is 4.79 Å². The molecular formula is C34H48O6Si. The number of hydrogen-bond acceptors (Lipinski definition) is 6. The quantitative estimate of drug-likeness (QED) is 0.148. The van der Waals surface area contributed by atoms with Crippen molar-refractivity contribution in [2.24, 2.45) is 17.8 Å². The van der Waals surface area contributed by atoms with E-state index in [4.69, 9.17) is 23.4 Å². The molecule has 2 aliphatic carbocycles. The number of rotatable bonds is 12. The van der Waals surface area contributed by atoms with E-state index in [-0.39, 0.29) is 28.9 Å². The Morgan fingerprint density at radius 1 is 1.20 bits per heavy atom. The van der Waals surface area contributed by atoms with Gasteiger partial charge >= 0.3 is 5.97 Å². The number of esters is 1. The van der Waals surface area contributed by atoms with Gasteiger partial charge in [-0.15, -0.1) is 6.58 Å². The van der Waals surface area contributed by atoms with Crippen molar-refractivity contribution < 1.29 is 28.2 Å². The smallest absolute Gasteiger partial charge is 0.313 e. The van der Waals surface area contributed by atoms with E-state index >= 15 is 0 Å². The SMILES string of the molecule is C=CCO[C@]1(C=C)C(/C=C(\C)COCc2ccc(OC)cc2)=C[C@@H]2C(=O)O[C@@]3(C)C[C@@H](O[Si](C)(C)C(C)(C)C)[C@@H]2[C@H]31. The first-order valence-corrected chi connectivity index (χ1v) is 17.5. The highest BCUT2D eigenvalue weighted by Crippen LogP contribution is 2.62. The standard InChI is InChI=1S/C34H48O6Si/c1-11-17-38-34(12-2)25(18-23(3)21-37-22-24-13-15-26(36-8)16-14-24)19-27-29-28(40-41(9,10)32(4,5)6)20-33(7,30(29)34)39-31(27)35/h11-16,18-19,27-30H,1-2,17,20-22H2,3-10H3/b23-18+/t27-,28+,29+,30+,33-,34+/m0/s1. The Kier molecular flexibility index (Phi) is 8.96. The first kappa shape index (κ1) is 31.5. The molecule has 1 heterocycles. The molecule has 224 valence electrons. The molecule has 1 saturated carbocycles. The van der Waals surface area contributed by atoms with Crippen LogP contribution in [0.3, 0.4) is 0 Å². The van der Waals surface area contributed by atoms with Gasteiger partial charge in [0.1, 0.15) is 17.0 Å². The van der Waals surface area contributed by atoms with Crippen LogP contribution < -0.4 is 4.74 Å². The lowest BCUT2D eigenvalue weighted by molar-refractivity contribution is -0.197. The fraction of sp³-hybridized carbons (Fsp3) is 0.559. The van der Waals surface area contributed by atoms with Gasteiger partial charge in [0.25, 0.3) is 0 Å². The molecular weight excluding hydrogens is 532 g/mol. The number of ether oxygens (including phenoxy) is 4. The molecule has 1 aromatic carbocycles. The van der Waals surface area contributed by atoms with Gasteiger partial charge in [-0.1, -0.05) is 63.8 Å². The highest BCUT2D eigenvalue weighted by molar-refractivity contribution is 6.74. The van der Waals surface area contributed by atoms with Gasteiger partial charge in [-0.05, 0) is 60.8 Å². The summed E-state index contributed by atoms with van der Waals surface area (Å²) in [4.78, 5) is 13.5. The van der Waals surface area contributed by atoms with E-state index in [1.807, 2.05) is 50.3 Å². The Morgan fingerprint density at radius 3 is 2.46 bits per heavy atom. The lowest BCUT2D eigenvalue weighted by Gasteiger charge is -2.54. The number of carbonyl (C=O) groups is 1. The van der Waals surface area contributed by atoms with Crippen LogP contribution in [-0.2, 0) is 30.0 Å². The predicted octanol–water partition coefficient (Wildman–Crippen LogP) is 7.18. The Balaban J connectivity index is 1.67. The van der Waals surface area contributed by atoms with E-state index in [1.54, 1.807) is 13.2 Å². The van der Waals surface area contributed by atoms with Crippen LogP contribution in [0.25, 0.3) is 0 Å². The maximum Gasteiger partial charge on any atom is 0.313 e. The lowest BCUT2D eigenvalue weighted by atomic mass is 9.60. The van der Waals surface area contributed by atoms with Crippen molar-refractivity contribution in [1.29, 1.82) is 0 Å². The minimum absolute atomic E-state index is 0.0477. The van der Waals surface area contributed by atoms with Crippen molar-refractivity contribution in [3.63, 3.8) is 0 Å². The van der Waals surface area contributed by atoms with Crippen molar-refractivity contribution in [1.82, 2.24) is 0 Å². The Morgan fingerprint density at radius 2 is 1.88 bits per heavy atom. The van der Waals surface area contributed by atoms with Crippen LogP contribution in [-0.4, -0.2) is 51.9 Å². The summed E-state index contributed by atoms with van der Waals surface area (Å²) in [5.74, 6) is 0.00925. The number of carbonyl (C=O) groups excluding carboxylic acids is 1. The van der Waals surface area contributed by atoms with Crippen LogP contribution >= 0.6 is 0 Å². The zero-order valence-corrected chi connectivity index (χ0v) is 27.1. The molecule has 1 aliphatic heterocycles. The summed E-state index contributed by atoms with van der Waals surface area (Å²) in [5, 5.41) is 0.0477. The van der Waals surface area contributed by atoms with Gasteiger partial charge in [0.15, 0.2) is 8.32 Å². The Bertz CT molecular complexity index is 1210. The van der Waals surface area contributed by atoms with Crippen molar-refractivity contribution in [3.8, 4) is 5.75 Å². The molecule has 4 rings (SSSR count). The minimum Gasteiger partial charge on any atom is -0.497 e. The van der Waals surface area contributed by atoms with E-state index in [1.165, 1.54) is 0 Å². The summed E-state index contributed by atoms with van der Waals surface area (Å²) >= 11 is 0. The fourth-order valence-corrected chi connectivity index (χ4v) is 7.92. The van der Waals surface area contributed by atoms with E-state index in [2.05, 4.69) is 53.1 Å². The van der Waals surface area contributed by atoms with Crippen LogP contribution in [0.1, 0.15) is 46.6 Å². The molecule has 4 bridgehead atoms. The van der Waals surface area contributed by atoms with Crippen LogP contribution in [0.2, 0.25) is 18.1 Å². The maximum absolute atomic E-state index is 13.5. The second-order valence-electron chi connectivity index (χ2n) is 13.5. The van der Waals surface area contributed by atoms with Gasteiger partial charge in [-0.25, -0.2) is 0 Å². The number of methoxy groups -OCH3 is 1. The zero-order chi connectivity index (χ0) is 30.2. The monoisotopic (exact) mass is 580 g/mol. The molecule has 0 aromatic heterocycles.